The van der Waals surface area contributed by atoms with Crippen LogP contribution in [0.25, 0.3) is 10.8 Å². The average molecular weight is 346 g/mol. The molecule has 0 atom stereocenters. The minimum Gasteiger partial charge on any atom is -0.399 e. The van der Waals surface area contributed by atoms with Gasteiger partial charge in [-0.1, -0.05) is 48.5 Å². The van der Waals surface area contributed by atoms with Gasteiger partial charge in [0.25, 0.3) is 11.8 Å². The van der Waals surface area contributed by atoms with Crippen molar-refractivity contribution < 1.29 is 9.59 Å². The zero-order valence-electron chi connectivity index (χ0n) is 14.0. The molecule has 0 aromatic heterocycles. The molecule has 2 amide bonds. The van der Waals surface area contributed by atoms with Crippen molar-refractivity contribution >= 4 is 34.5 Å². The number of nitrogens with one attached hydrogen (secondary N) is 2. The van der Waals surface area contributed by atoms with Crippen molar-refractivity contribution in [2.45, 2.75) is 0 Å². The number of hydrogen-bond acceptors (Lipinski definition) is 4. The fourth-order valence-corrected chi connectivity index (χ4v) is 2.48. The molecular weight excluding hydrogens is 328 g/mol. The molecule has 0 fully saturated rings. The van der Waals surface area contributed by atoms with Gasteiger partial charge in [0, 0.05) is 11.3 Å². The summed E-state index contributed by atoms with van der Waals surface area (Å²) in [7, 11) is 0. The quantitative estimate of drug-likeness (QED) is 0.376. The van der Waals surface area contributed by atoms with Gasteiger partial charge in [-0.25, -0.2) is 5.43 Å². The maximum atomic E-state index is 12.3. The Morgan fingerprint density at radius 1 is 0.962 bits per heavy atom. The van der Waals surface area contributed by atoms with Crippen LogP contribution in [0.15, 0.2) is 71.8 Å². The highest BCUT2D eigenvalue weighted by Gasteiger charge is 2.10. The largest absolute Gasteiger partial charge is 0.399 e. The maximum Gasteiger partial charge on any atom is 0.259 e. The normalized spacial score (nSPS) is 10.8. The van der Waals surface area contributed by atoms with Crippen molar-refractivity contribution in [3.8, 4) is 0 Å². The SMILES string of the molecule is Nc1ccc(C=NNC(=O)CNC(=O)c2cccc3ccccc23)cc1. The minimum atomic E-state index is -0.412. The molecule has 6 heteroatoms. The molecule has 4 N–H and O–H groups in total. The summed E-state index contributed by atoms with van der Waals surface area (Å²) in [5, 5.41) is 8.27. The Labute approximate surface area is 150 Å². The third-order valence-corrected chi connectivity index (χ3v) is 3.78. The van der Waals surface area contributed by atoms with E-state index < -0.39 is 5.91 Å². The Morgan fingerprint density at radius 3 is 2.50 bits per heavy atom. The Hall–Kier alpha value is -3.67. The van der Waals surface area contributed by atoms with Crippen LogP contribution < -0.4 is 16.5 Å². The number of fused-ring (bicyclic) bond motifs is 1. The van der Waals surface area contributed by atoms with Crippen molar-refractivity contribution in [2.75, 3.05) is 12.3 Å². The van der Waals surface area contributed by atoms with Crippen LogP contribution in [0.2, 0.25) is 0 Å². The number of carbonyl (C=O) groups excluding carboxylic acids is 2. The van der Waals surface area contributed by atoms with Gasteiger partial charge in [0.2, 0.25) is 0 Å². The number of benzene rings is 3. The fraction of sp³-hybridized carbons (Fsp3) is 0.0500. The molecule has 3 aromatic rings. The summed E-state index contributed by atoms with van der Waals surface area (Å²) in [5.41, 5.74) is 9.96. The topological polar surface area (TPSA) is 96.6 Å². The highest BCUT2D eigenvalue weighted by molar-refractivity contribution is 6.07. The lowest BCUT2D eigenvalue weighted by Gasteiger charge is -2.07. The van der Waals surface area contributed by atoms with E-state index in [0.29, 0.717) is 11.3 Å². The lowest BCUT2D eigenvalue weighted by atomic mass is 10.0. The van der Waals surface area contributed by atoms with Gasteiger partial charge in [-0.2, -0.15) is 5.10 Å². The number of rotatable bonds is 5. The molecule has 0 saturated heterocycles. The first-order chi connectivity index (χ1) is 12.6. The number of nitrogens with zero attached hydrogens (tertiary/aromatic N) is 1. The highest BCUT2D eigenvalue weighted by atomic mass is 16.2. The summed E-state index contributed by atoms with van der Waals surface area (Å²) in [6.07, 6.45) is 1.50. The van der Waals surface area contributed by atoms with E-state index in [0.717, 1.165) is 16.3 Å². The van der Waals surface area contributed by atoms with Crippen LogP contribution >= 0.6 is 0 Å². The molecule has 0 saturated carbocycles. The number of hydrogen-bond donors (Lipinski definition) is 3. The van der Waals surface area contributed by atoms with Crippen molar-refractivity contribution in [1.29, 1.82) is 0 Å². The van der Waals surface area contributed by atoms with E-state index in [-0.39, 0.29) is 12.5 Å². The molecule has 130 valence electrons. The Bertz CT molecular complexity index is 960. The number of nitrogen functional groups attached to an aromatic ring is 1. The van der Waals surface area contributed by atoms with Crippen LogP contribution in [0.3, 0.4) is 0 Å². The number of amides is 2. The second-order valence-corrected chi connectivity index (χ2v) is 5.67. The minimum absolute atomic E-state index is 0.166. The van der Waals surface area contributed by atoms with Gasteiger partial charge in [-0.3, -0.25) is 9.59 Å². The number of carbonyl (C=O) groups is 2. The van der Waals surface area contributed by atoms with E-state index in [1.807, 2.05) is 36.4 Å². The van der Waals surface area contributed by atoms with E-state index >= 15 is 0 Å². The van der Waals surface area contributed by atoms with Crippen molar-refractivity contribution in [1.82, 2.24) is 10.7 Å². The number of hydrazone groups is 1. The van der Waals surface area contributed by atoms with Gasteiger partial charge >= 0.3 is 0 Å². The van der Waals surface area contributed by atoms with Gasteiger partial charge in [0.1, 0.15) is 0 Å². The number of nitrogens with two attached hydrogens (primary N) is 1. The van der Waals surface area contributed by atoms with Crippen LogP contribution in [-0.2, 0) is 4.79 Å². The van der Waals surface area contributed by atoms with Crippen molar-refractivity contribution in [3.05, 3.63) is 77.9 Å². The highest BCUT2D eigenvalue weighted by Crippen LogP contribution is 2.18. The summed E-state index contributed by atoms with van der Waals surface area (Å²) < 4.78 is 0. The van der Waals surface area contributed by atoms with Gasteiger partial charge in [0.15, 0.2) is 0 Å². The molecule has 3 rings (SSSR count). The van der Waals surface area contributed by atoms with Crippen LogP contribution in [0.5, 0.6) is 0 Å². The number of anilines is 1. The monoisotopic (exact) mass is 346 g/mol. The first-order valence-corrected chi connectivity index (χ1v) is 8.07. The van der Waals surface area contributed by atoms with Crippen molar-refractivity contribution in [2.24, 2.45) is 5.10 Å². The first-order valence-electron chi connectivity index (χ1n) is 8.07. The molecule has 0 spiro atoms. The van der Waals surface area contributed by atoms with Gasteiger partial charge < -0.3 is 11.1 Å². The Kier molecular flexibility index (Phi) is 5.24. The summed E-state index contributed by atoms with van der Waals surface area (Å²) in [5.74, 6) is -0.718. The molecule has 0 aliphatic heterocycles. The predicted octanol–water partition coefficient (Wildman–Crippen LogP) is 2.30. The Morgan fingerprint density at radius 2 is 1.69 bits per heavy atom. The van der Waals surface area contributed by atoms with Gasteiger partial charge in [0.05, 0.1) is 12.8 Å². The van der Waals surface area contributed by atoms with Crippen LogP contribution in [-0.4, -0.2) is 24.6 Å². The van der Waals surface area contributed by atoms with E-state index in [1.54, 1.807) is 30.3 Å². The summed E-state index contributed by atoms with van der Waals surface area (Å²) in [6.45, 7) is -0.166. The molecule has 6 nitrogen and oxygen atoms in total. The zero-order chi connectivity index (χ0) is 18.4. The molecule has 3 aromatic carbocycles. The summed E-state index contributed by atoms with van der Waals surface area (Å²) in [6, 6.07) is 20.1. The van der Waals surface area contributed by atoms with Gasteiger partial charge in [-0.05, 0) is 34.5 Å². The lowest BCUT2D eigenvalue weighted by Crippen LogP contribution is -2.35. The fourth-order valence-electron chi connectivity index (χ4n) is 2.48. The standard InChI is InChI=1S/C20H18N4O2/c21-16-10-8-14(9-11-16)12-23-24-19(25)13-22-20(26)18-7-3-5-15-4-1-2-6-17(15)18/h1-12H,13,21H2,(H,22,26)(H,24,25). The second kappa shape index (κ2) is 7.94. The molecule has 0 aliphatic carbocycles. The van der Waals surface area contributed by atoms with Crippen LogP contribution in [0.4, 0.5) is 5.69 Å². The van der Waals surface area contributed by atoms with Crippen LogP contribution in [0, 0.1) is 0 Å². The van der Waals surface area contributed by atoms with Crippen molar-refractivity contribution in [3.63, 3.8) is 0 Å². The molecule has 0 heterocycles. The Balaban J connectivity index is 1.55. The smallest absolute Gasteiger partial charge is 0.259 e. The molecule has 26 heavy (non-hydrogen) atoms. The van der Waals surface area contributed by atoms with E-state index in [9.17, 15) is 9.59 Å². The molecular formula is C20H18N4O2. The molecule has 0 unspecified atom stereocenters. The third kappa shape index (κ3) is 4.24. The van der Waals surface area contributed by atoms with E-state index in [4.69, 9.17) is 5.73 Å². The van der Waals surface area contributed by atoms with E-state index in [1.165, 1.54) is 6.21 Å². The molecule has 0 bridgehead atoms. The third-order valence-electron chi connectivity index (χ3n) is 3.78. The lowest BCUT2D eigenvalue weighted by molar-refractivity contribution is -0.120. The average Bonchev–Trinajstić information content (AvgIpc) is 2.67. The molecule has 0 radical (unpaired) electrons. The van der Waals surface area contributed by atoms with E-state index in [2.05, 4.69) is 15.8 Å². The zero-order valence-corrected chi connectivity index (χ0v) is 14.0. The maximum absolute atomic E-state index is 12.3. The van der Waals surface area contributed by atoms with Gasteiger partial charge in [-0.15, -0.1) is 0 Å². The summed E-state index contributed by atoms with van der Waals surface area (Å²) >= 11 is 0. The first kappa shape index (κ1) is 17.2. The second-order valence-electron chi connectivity index (χ2n) is 5.67. The van der Waals surface area contributed by atoms with Crippen LogP contribution in [0.1, 0.15) is 15.9 Å². The molecule has 0 aliphatic rings. The summed E-state index contributed by atoms with van der Waals surface area (Å²) in [4.78, 5) is 24.2. The predicted molar refractivity (Wildman–Crippen MR) is 103 cm³/mol.